The fourth-order valence-corrected chi connectivity index (χ4v) is 2.76. The largest absolute Gasteiger partial charge is 0.295 e. The minimum absolute atomic E-state index is 0.418. The number of rotatable bonds is 1. The third-order valence-electron chi connectivity index (χ3n) is 3.64. The molecule has 1 atom stereocenters. The molecule has 0 aliphatic carbocycles. The zero-order valence-corrected chi connectivity index (χ0v) is 10.1. The lowest BCUT2D eigenvalue weighted by Crippen LogP contribution is -2.32. The Kier molecular flexibility index (Phi) is 2.69. The van der Waals surface area contributed by atoms with Crippen molar-refractivity contribution in [3.05, 3.63) is 71.3 Å². The van der Waals surface area contributed by atoms with Crippen LogP contribution in [0.5, 0.6) is 0 Å². The standard InChI is InChI=1S/C16H17N/c1-17-12-11-13-7-5-6-10-15(13)16(17)14-8-3-2-4-9-14/h2-10,16H,11-12H2,1H3/t16-/m0/s1. The Hall–Kier alpha value is -1.60. The normalized spacial score (nSPS) is 19.9. The van der Waals surface area contributed by atoms with E-state index < -0.39 is 0 Å². The molecule has 0 N–H and O–H groups in total. The highest BCUT2D eigenvalue weighted by atomic mass is 15.1. The van der Waals surface area contributed by atoms with Gasteiger partial charge in [-0.25, -0.2) is 0 Å². The van der Waals surface area contributed by atoms with Crippen molar-refractivity contribution in [1.29, 1.82) is 0 Å². The molecule has 0 unspecified atom stereocenters. The van der Waals surface area contributed by atoms with E-state index in [0.717, 1.165) is 13.0 Å². The molecule has 0 radical (unpaired) electrons. The highest BCUT2D eigenvalue weighted by molar-refractivity contribution is 5.39. The first-order valence-corrected chi connectivity index (χ1v) is 6.19. The van der Waals surface area contributed by atoms with Crippen molar-refractivity contribution in [1.82, 2.24) is 4.90 Å². The van der Waals surface area contributed by atoms with Crippen LogP contribution in [-0.2, 0) is 6.42 Å². The van der Waals surface area contributed by atoms with E-state index in [9.17, 15) is 0 Å². The van der Waals surface area contributed by atoms with Crippen molar-refractivity contribution < 1.29 is 0 Å². The lowest BCUT2D eigenvalue weighted by molar-refractivity contribution is 0.265. The van der Waals surface area contributed by atoms with Gasteiger partial charge in [-0.05, 0) is 30.2 Å². The predicted molar refractivity (Wildman–Crippen MR) is 71.1 cm³/mol. The van der Waals surface area contributed by atoms with Crippen LogP contribution in [0.4, 0.5) is 0 Å². The molecule has 0 spiro atoms. The second-order valence-electron chi connectivity index (χ2n) is 4.74. The lowest BCUT2D eigenvalue weighted by atomic mass is 9.89. The molecule has 17 heavy (non-hydrogen) atoms. The summed E-state index contributed by atoms with van der Waals surface area (Å²) < 4.78 is 0. The van der Waals surface area contributed by atoms with Gasteiger partial charge in [0, 0.05) is 6.54 Å². The summed E-state index contributed by atoms with van der Waals surface area (Å²) in [7, 11) is 2.22. The van der Waals surface area contributed by atoms with Gasteiger partial charge in [0.15, 0.2) is 0 Å². The van der Waals surface area contributed by atoms with Gasteiger partial charge in [-0.1, -0.05) is 54.6 Å². The monoisotopic (exact) mass is 223 g/mol. The minimum Gasteiger partial charge on any atom is -0.295 e. The maximum absolute atomic E-state index is 2.44. The molecule has 0 saturated carbocycles. The zero-order chi connectivity index (χ0) is 11.7. The third kappa shape index (κ3) is 1.87. The van der Waals surface area contributed by atoms with Crippen molar-refractivity contribution in [2.75, 3.05) is 13.6 Å². The summed E-state index contributed by atoms with van der Waals surface area (Å²) in [6.45, 7) is 1.14. The number of benzene rings is 2. The van der Waals surface area contributed by atoms with Gasteiger partial charge in [-0.15, -0.1) is 0 Å². The molecule has 0 aromatic heterocycles. The van der Waals surface area contributed by atoms with E-state index in [-0.39, 0.29) is 0 Å². The average molecular weight is 223 g/mol. The van der Waals surface area contributed by atoms with Gasteiger partial charge in [0.1, 0.15) is 0 Å². The van der Waals surface area contributed by atoms with Crippen LogP contribution >= 0.6 is 0 Å². The molecule has 0 amide bonds. The van der Waals surface area contributed by atoms with E-state index in [4.69, 9.17) is 0 Å². The van der Waals surface area contributed by atoms with Gasteiger partial charge in [0.25, 0.3) is 0 Å². The molecular weight excluding hydrogens is 206 g/mol. The minimum atomic E-state index is 0.418. The molecule has 1 aliphatic rings. The van der Waals surface area contributed by atoms with Gasteiger partial charge >= 0.3 is 0 Å². The number of nitrogens with zero attached hydrogens (tertiary/aromatic N) is 1. The van der Waals surface area contributed by atoms with E-state index >= 15 is 0 Å². The molecule has 1 aliphatic heterocycles. The average Bonchev–Trinajstić information content (AvgIpc) is 2.39. The van der Waals surface area contributed by atoms with Crippen LogP contribution in [-0.4, -0.2) is 18.5 Å². The SMILES string of the molecule is CN1CCc2ccccc2[C@@H]1c1ccccc1. The van der Waals surface area contributed by atoms with Crippen LogP contribution < -0.4 is 0 Å². The van der Waals surface area contributed by atoms with E-state index in [1.807, 2.05) is 0 Å². The van der Waals surface area contributed by atoms with Gasteiger partial charge < -0.3 is 0 Å². The Morgan fingerprint density at radius 3 is 2.47 bits per heavy atom. The molecule has 86 valence electrons. The summed E-state index contributed by atoms with van der Waals surface area (Å²) in [6.07, 6.45) is 1.16. The van der Waals surface area contributed by atoms with Crippen LogP contribution in [0.3, 0.4) is 0 Å². The van der Waals surface area contributed by atoms with Crippen molar-refractivity contribution >= 4 is 0 Å². The molecule has 0 bridgehead atoms. The molecule has 2 aromatic rings. The highest BCUT2D eigenvalue weighted by Crippen LogP contribution is 2.33. The summed E-state index contributed by atoms with van der Waals surface area (Å²) in [6, 6.07) is 20.0. The van der Waals surface area contributed by atoms with E-state index in [1.54, 1.807) is 0 Å². The van der Waals surface area contributed by atoms with Gasteiger partial charge in [0.05, 0.1) is 6.04 Å². The smallest absolute Gasteiger partial charge is 0.0602 e. The van der Waals surface area contributed by atoms with Crippen LogP contribution in [0.1, 0.15) is 22.7 Å². The molecule has 1 heterocycles. The summed E-state index contributed by atoms with van der Waals surface area (Å²) >= 11 is 0. The van der Waals surface area contributed by atoms with Crippen molar-refractivity contribution in [3.8, 4) is 0 Å². The topological polar surface area (TPSA) is 3.24 Å². The van der Waals surface area contributed by atoms with Crippen LogP contribution in [0.25, 0.3) is 0 Å². The Labute approximate surface area is 103 Å². The van der Waals surface area contributed by atoms with Crippen LogP contribution in [0.15, 0.2) is 54.6 Å². The first-order chi connectivity index (χ1) is 8.36. The predicted octanol–water partition coefficient (Wildman–Crippen LogP) is 3.26. The number of hydrogen-bond donors (Lipinski definition) is 0. The summed E-state index contributed by atoms with van der Waals surface area (Å²) in [5.74, 6) is 0. The Balaban J connectivity index is 2.10. The Morgan fingerprint density at radius 1 is 0.941 bits per heavy atom. The molecule has 3 rings (SSSR count). The fraction of sp³-hybridized carbons (Fsp3) is 0.250. The zero-order valence-electron chi connectivity index (χ0n) is 10.1. The highest BCUT2D eigenvalue weighted by Gasteiger charge is 2.25. The van der Waals surface area contributed by atoms with Gasteiger partial charge in [-0.3, -0.25) is 4.90 Å². The second-order valence-corrected chi connectivity index (χ2v) is 4.74. The van der Waals surface area contributed by atoms with Crippen molar-refractivity contribution in [2.45, 2.75) is 12.5 Å². The Morgan fingerprint density at radius 2 is 1.65 bits per heavy atom. The third-order valence-corrected chi connectivity index (χ3v) is 3.64. The van der Waals surface area contributed by atoms with E-state index in [0.29, 0.717) is 6.04 Å². The molecule has 0 fully saturated rings. The fourth-order valence-electron chi connectivity index (χ4n) is 2.76. The first kappa shape index (κ1) is 10.5. The van der Waals surface area contributed by atoms with Gasteiger partial charge in [-0.2, -0.15) is 0 Å². The maximum atomic E-state index is 2.44. The summed E-state index contributed by atoms with van der Waals surface area (Å²) in [5, 5.41) is 0. The van der Waals surface area contributed by atoms with Gasteiger partial charge in [0.2, 0.25) is 0 Å². The molecule has 2 aromatic carbocycles. The summed E-state index contributed by atoms with van der Waals surface area (Å²) in [5.41, 5.74) is 4.36. The molecule has 1 heteroatoms. The maximum Gasteiger partial charge on any atom is 0.0602 e. The number of fused-ring (bicyclic) bond motifs is 1. The van der Waals surface area contributed by atoms with Crippen LogP contribution in [0, 0.1) is 0 Å². The quantitative estimate of drug-likeness (QED) is 0.717. The second kappa shape index (κ2) is 4.34. The molecule has 1 nitrogen and oxygen atoms in total. The lowest BCUT2D eigenvalue weighted by Gasteiger charge is -2.35. The number of likely N-dealkylation sites (N-methyl/N-ethyl adjacent to an activating group) is 1. The van der Waals surface area contributed by atoms with Crippen molar-refractivity contribution in [3.63, 3.8) is 0 Å². The van der Waals surface area contributed by atoms with Crippen molar-refractivity contribution in [2.24, 2.45) is 0 Å². The first-order valence-electron chi connectivity index (χ1n) is 6.19. The van der Waals surface area contributed by atoms with E-state index in [2.05, 4.69) is 66.5 Å². The van der Waals surface area contributed by atoms with Crippen LogP contribution in [0.2, 0.25) is 0 Å². The molecular formula is C16H17N. The summed E-state index contributed by atoms with van der Waals surface area (Å²) in [4.78, 5) is 2.44. The number of hydrogen-bond acceptors (Lipinski definition) is 1. The Bertz CT molecular complexity index is 504. The molecule has 0 saturated heterocycles. The van der Waals surface area contributed by atoms with E-state index in [1.165, 1.54) is 16.7 Å².